The molecule has 172 valence electrons. The first-order chi connectivity index (χ1) is 14.5. The number of aromatic nitrogens is 2. The third kappa shape index (κ3) is 7.10. The molecule has 1 aromatic heterocycles. The van der Waals surface area contributed by atoms with Gasteiger partial charge in [0, 0.05) is 45.0 Å². The topological polar surface area (TPSA) is 66.7 Å². The predicted molar refractivity (Wildman–Crippen MR) is 137 cm³/mol. The number of guanidine groups is 1. The average molecular weight is 540 g/mol. The van der Waals surface area contributed by atoms with Crippen molar-refractivity contribution in [2.75, 3.05) is 33.8 Å². The summed E-state index contributed by atoms with van der Waals surface area (Å²) in [6.07, 6.45) is 2.42. The molecule has 0 atom stereocenters. The second-order valence-corrected chi connectivity index (χ2v) is 8.15. The fraction of sp³-hybridized carbons (Fsp3) is 0.565. The van der Waals surface area contributed by atoms with Crippen LogP contribution in [0.4, 0.5) is 0 Å². The van der Waals surface area contributed by atoms with Gasteiger partial charge in [-0.15, -0.1) is 24.0 Å². The Kier molecular flexibility index (Phi) is 10.1. The van der Waals surface area contributed by atoms with Gasteiger partial charge in [-0.2, -0.15) is 5.10 Å². The first-order valence-electron chi connectivity index (χ1n) is 10.8. The molecule has 0 amide bonds. The van der Waals surface area contributed by atoms with Crippen molar-refractivity contribution in [2.45, 2.75) is 39.8 Å². The maximum absolute atomic E-state index is 5.24. The standard InChI is InChI=1S/C23H36N6O.HI/c1-17-22(18(2)28(4)27-17)15-26-23(24-3)25-14-19-10-12-29(13-11-19)16-20-6-8-21(30-5)9-7-20;/h6-9,19H,10-16H2,1-5H3,(H2,24,25,26);1H. The molecule has 0 aliphatic carbocycles. The Morgan fingerprint density at radius 3 is 2.39 bits per heavy atom. The van der Waals surface area contributed by atoms with E-state index in [0.29, 0.717) is 5.92 Å². The highest BCUT2D eigenvalue weighted by Gasteiger charge is 2.19. The molecule has 2 aromatic rings. The van der Waals surface area contributed by atoms with E-state index in [-0.39, 0.29) is 24.0 Å². The molecule has 0 bridgehead atoms. The molecule has 2 heterocycles. The Morgan fingerprint density at radius 2 is 1.84 bits per heavy atom. The van der Waals surface area contributed by atoms with Crippen LogP contribution in [0.5, 0.6) is 5.75 Å². The molecule has 1 aliphatic rings. The first-order valence-corrected chi connectivity index (χ1v) is 10.8. The molecule has 0 spiro atoms. The van der Waals surface area contributed by atoms with Crippen LogP contribution >= 0.6 is 24.0 Å². The molecule has 1 fully saturated rings. The quantitative estimate of drug-likeness (QED) is 0.321. The maximum Gasteiger partial charge on any atom is 0.191 e. The lowest BCUT2D eigenvalue weighted by molar-refractivity contribution is 0.178. The molecule has 0 saturated carbocycles. The Labute approximate surface area is 203 Å². The lowest BCUT2D eigenvalue weighted by Gasteiger charge is -2.32. The summed E-state index contributed by atoms with van der Waals surface area (Å²) >= 11 is 0. The lowest BCUT2D eigenvalue weighted by atomic mass is 9.96. The molecule has 1 aliphatic heterocycles. The van der Waals surface area contributed by atoms with Crippen molar-refractivity contribution in [1.82, 2.24) is 25.3 Å². The zero-order valence-corrected chi connectivity index (χ0v) is 21.8. The molecule has 8 heteroatoms. The fourth-order valence-electron chi connectivity index (χ4n) is 4.04. The Balaban J connectivity index is 0.00000341. The molecule has 1 saturated heterocycles. The SMILES string of the molecule is CN=C(NCc1c(C)nn(C)c1C)NCC1CCN(Cc2ccc(OC)cc2)CC1.I. The minimum atomic E-state index is 0. The van der Waals surface area contributed by atoms with Crippen LogP contribution in [-0.4, -0.2) is 54.4 Å². The summed E-state index contributed by atoms with van der Waals surface area (Å²) in [5.74, 6) is 2.45. The first kappa shape index (κ1) is 25.5. The monoisotopic (exact) mass is 540 g/mol. The summed E-state index contributed by atoms with van der Waals surface area (Å²) < 4.78 is 7.18. The number of hydrogen-bond acceptors (Lipinski definition) is 4. The molecule has 3 rings (SSSR count). The molecule has 0 unspecified atom stereocenters. The van der Waals surface area contributed by atoms with Crippen molar-refractivity contribution in [3.05, 3.63) is 46.8 Å². The minimum absolute atomic E-state index is 0. The zero-order valence-electron chi connectivity index (χ0n) is 19.4. The maximum atomic E-state index is 5.24. The van der Waals surface area contributed by atoms with E-state index in [0.717, 1.165) is 50.1 Å². The van der Waals surface area contributed by atoms with Crippen molar-refractivity contribution in [3.63, 3.8) is 0 Å². The van der Waals surface area contributed by atoms with Crippen LogP contribution < -0.4 is 15.4 Å². The second kappa shape index (κ2) is 12.3. The van der Waals surface area contributed by atoms with Crippen LogP contribution in [0.1, 0.15) is 35.4 Å². The average Bonchev–Trinajstić information content (AvgIpc) is 3.01. The van der Waals surface area contributed by atoms with Crippen LogP contribution in [0.25, 0.3) is 0 Å². The Bertz CT molecular complexity index is 840. The highest BCUT2D eigenvalue weighted by molar-refractivity contribution is 14.0. The number of nitrogens with one attached hydrogen (secondary N) is 2. The van der Waals surface area contributed by atoms with Crippen LogP contribution in [-0.2, 0) is 20.1 Å². The van der Waals surface area contributed by atoms with E-state index in [1.54, 1.807) is 7.11 Å². The summed E-state index contributed by atoms with van der Waals surface area (Å²) in [5, 5.41) is 11.4. The number of benzene rings is 1. The summed E-state index contributed by atoms with van der Waals surface area (Å²) in [5.41, 5.74) is 4.85. The third-order valence-corrected chi connectivity index (χ3v) is 6.15. The van der Waals surface area contributed by atoms with Crippen LogP contribution in [0.15, 0.2) is 29.3 Å². The summed E-state index contributed by atoms with van der Waals surface area (Å²) in [6, 6.07) is 8.40. The number of ether oxygens (including phenoxy) is 1. The molecule has 2 N–H and O–H groups in total. The van der Waals surface area contributed by atoms with Crippen LogP contribution in [0, 0.1) is 19.8 Å². The molecular weight excluding hydrogens is 503 g/mol. The number of rotatable bonds is 7. The third-order valence-electron chi connectivity index (χ3n) is 6.15. The molecule has 0 radical (unpaired) electrons. The van der Waals surface area contributed by atoms with E-state index in [1.807, 2.05) is 30.9 Å². The van der Waals surface area contributed by atoms with Crippen molar-refractivity contribution < 1.29 is 4.74 Å². The van der Waals surface area contributed by atoms with Gasteiger partial charge in [-0.05, 0) is 63.4 Å². The summed E-state index contributed by atoms with van der Waals surface area (Å²) in [4.78, 5) is 6.93. The number of halogens is 1. The van der Waals surface area contributed by atoms with Gasteiger partial charge in [0.05, 0.1) is 12.8 Å². The van der Waals surface area contributed by atoms with Crippen LogP contribution in [0.2, 0.25) is 0 Å². The summed E-state index contributed by atoms with van der Waals surface area (Å²) in [6.45, 7) is 9.15. The van der Waals surface area contributed by atoms with E-state index in [1.165, 1.54) is 29.7 Å². The van der Waals surface area contributed by atoms with Crippen molar-refractivity contribution in [3.8, 4) is 5.75 Å². The molecular formula is C23H37IN6O. The molecule has 31 heavy (non-hydrogen) atoms. The number of piperidine rings is 1. The van der Waals surface area contributed by atoms with Gasteiger partial charge in [0.25, 0.3) is 0 Å². The number of nitrogens with zero attached hydrogens (tertiary/aromatic N) is 4. The second-order valence-electron chi connectivity index (χ2n) is 8.15. The molecule has 1 aromatic carbocycles. The van der Waals surface area contributed by atoms with Gasteiger partial charge in [0.1, 0.15) is 5.75 Å². The van der Waals surface area contributed by atoms with E-state index >= 15 is 0 Å². The van der Waals surface area contributed by atoms with E-state index in [4.69, 9.17) is 4.74 Å². The van der Waals surface area contributed by atoms with E-state index < -0.39 is 0 Å². The normalized spacial score (nSPS) is 15.5. The van der Waals surface area contributed by atoms with Gasteiger partial charge in [-0.3, -0.25) is 14.6 Å². The van der Waals surface area contributed by atoms with Gasteiger partial charge in [-0.25, -0.2) is 0 Å². The lowest BCUT2D eigenvalue weighted by Crippen LogP contribution is -2.42. The minimum Gasteiger partial charge on any atom is -0.497 e. The van der Waals surface area contributed by atoms with Gasteiger partial charge in [0.2, 0.25) is 0 Å². The zero-order chi connectivity index (χ0) is 21.5. The smallest absolute Gasteiger partial charge is 0.191 e. The van der Waals surface area contributed by atoms with Crippen molar-refractivity contribution in [1.29, 1.82) is 0 Å². The van der Waals surface area contributed by atoms with Crippen molar-refractivity contribution in [2.24, 2.45) is 18.0 Å². The highest BCUT2D eigenvalue weighted by atomic mass is 127. The highest BCUT2D eigenvalue weighted by Crippen LogP contribution is 2.19. The Morgan fingerprint density at radius 1 is 1.16 bits per heavy atom. The summed E-state index contributed by atoms with van der Waals surface area (Å²) in [7, 11) is 5.52. The van der Waals surface area contributed by atoms with Crippen molar-refractivity contribution >= 4 is 29.9 Å². The number of aryl methyl sites for hydroxylation is 2. The van der Waals surface area contributed by atoms with Gasteiger partial charge in [0.15, 0.2) is 5.96 Å². The van der Waals surface area contributed by atoms with Gasteiger partial charge >= 0.3 is 0 Å². The fourth-order valence-corrected chi connectivity index (χ4v) is 4.04. The number of aliphatic imine (C=N–C) groups is 1. The number of methoxy groups -OCH3 is 1. The van der Waals surface area contributed by atoms with E-state index in [9.17, 15) is 0 Å². The largest absolute Gasteiger partial charge is 0.497 e. The molecule has 7 nitrogen and oxygen atoms in total. The Hall–Kier alpha value is -1.81. The predicted octanol–water partition coefficient (Wildman–Crippen LogP) is 3.24. The van der Waals surface area contributed by atoms with Gasteiger partial charge in [-0.1, -0.05) is 12.1 Å². The van der Waals surface area contributed by atoms with Crippen LogP contribution in [0.3, 0.4) is 0 Å². The number of likely N-dealkylation sites (tertiary alicyclic amines) is 1. The van der Waals surface area contributed by atoms with E-state index in [2.05, 4.69) is 51.6 Å². The van der Waals surface area contributed by atoms with Gasteiger partial charge < -0.3 is 15.4 Å². The number of hydrogen-bond donors (Lipinski definition) is 2.